The molecule has 2 N–H and O–H groups in total. The summed E-state index contributed by atoms with van der Waals surface area (Å²) in [7, 11) is 3.96. The molecular formula is C27H39N5O. The molecule has 1 fully saturated rings. The van der Waals surface area contributed by atoms with Crippen LogP contribution < -0.4 is 10.6 Å². The number of hydrogen-bond donors (Lipinski definition) is 2. The summed E-state index contributed by atoms with van der Waals surface area (Å²) in [4.78, 5) is 21.3. The van der Waals surface area contributed by atoms with E-state index in [4.69, 9.17) is 0 Å². The fraction of sp³-hybridized carbons (Fsp3) is 0.481. The highest BCUT2D eigenvalue weighted by molar-refractivity contribution is 5.94. The fourth-order valence-electron chi connectivity index (χ4n) is 4.10. The van der Waals surface area contributed by atoms with Crippen molar-refractivity contribution in [2.75, 3.05) is 33.7 Å². The van der Waals surface area contributed by atoms with Gasteiger partial charge in [0.2, 0.25) is 0 Å². The monoisotopic (exact) mass is 449 g/mol. The normalized spacial score (nSPS) is 15.4. The van der Waals surface area contributed by atoms with Crippen molar-refractivity contribution in [3.63, 3.8) is 0 Å². The average molecular weight is 450 g/mol. The van der Waals surface area contributed by atoms with Gasteiger partial charge in [-0.25, -0.2) is 0 Å². The molecular weight excluding hydrogens is 410 g/mol. The lowest BCUT2D eigenvalue weighted by Gasteiger charge is -2.26. The van der Waals surface area contributed by atoms with Crippen molar-refractivity contribution in [2.45, 2.75) is 51.7 Å². The predicted molar refractivity (Wildman–Crippen MR) is 136 cm³/mol. The van der Waals surface area contributed by atoms with E-state index in [0.717, 1.165) is 62.5 Å². The van der Waals surface area contributed by atoms with Crippen molar-refractivity contribution in [1.29, 1.82) is 0 Å². The van der Waals surface area contributed by atoms with E-state index >= 15 is 0 Å². The van der Waals surface area contributed by atoms with Gasteiger partial charge in [0.1, 0.15) is 0 Å². The minimum atomic E-state index is 0.151. The molecule has 6 nitrogen and oxygen atoms in total. The topological polar surface area (TPSA) is 60.0 Å². The third-order valence-corrected chi connectivity index (χ3v) is 6.41. The van der Waals surface area contributed by atoms with E-state index in [2.05, 4.69) is 64.8 Å². The van der Waals surface area contributed by atoms with Gasteiger partial charge in [-0.3, -0.25) is 14.7 Å². The number of nitrogens with one attached hydrogen (secondary N) is 2. The van der Waals surface area contributed by atoms with Gasteiger partial charge in [0.25, 0.3) is 5.91 Å². The molecule has 2 aromatic rings. The van der Waals surface area contributed by atoms with E-state index < -0.39 is 0 Å². The van der Waals surface area contributed by atoms with Gasteiger partial charge in [-0.2, -0.15) is 0 Å². The maximum absolute atomic E-state index is 12.6. The number of carbonyl (C=O) groups excluding carboxylic acids is 1. The van der Waals surface area contributed by atoms with Gasteiger partial charge in [0.05, 0.1) is 0 Å². The van der Waals surface area contributed by atoms with Crippen molar-refractivity contribution in [3.8, 4) is 0 Å². The molecule has 1 saturated heterocycles. The van der Waals surface area contributed by atoms with E-state index in [1.165, 1.54) is 12.0 Å². The Kier molecular flexibility index (Phi) is 9.76. The number of piperidine rings is 1. The Bertz CT molecular complexity index is 875. The highest BCUT2D eigenvalue weighted by Gasteiger charge is 2.17. The lowest BCUT2D eigenvalue weighted by Crippen LogP contribution is -2.39. The minimum absolute atomic E-state index is 0.151. The van der Waals surface area contributed by atoms with Gasteiger partial charge in [-0.15, -0.1) is 0 Å². The molecule has 1 aliphatic heterocycles. The zero-order chi connectivity index (χ0) is 23.5. The summed E-state index contributed by atoms with van der Waals surface area (Å²) in [6.45, 7) is 6.49. The molecule has 1 atom stereocenters. The van der Waals surface area contributed by atoms with Crippen LogP contribution >= 0.6 is 0 Å². The molecule has 0 aliphatic carbocycles. The number of carbonyl (C=O) groups is 1. The summed E-state index contributed by atoms with van der Waals surface area (Å²) in [5.74, 6) is 0.944. The number of hydrogen-bond acceptors (Lipinski definition) is 3. The maximum atomic E-state index is 12.6. The summed E-state index contributed by atoms with van der Waals surface area (Å²) in [6.07, 6.45) is 4.48. The van der Waals surface area contributed by atoms with Crippen LogP contribution in [0.25, 0.3) is 0 Å². The van der Waals surface area contributed by atoms with E-state index in [1.807, 2.05) is 29.2 Å². The molecule has 2 aromatic carbocycles. The molecule has 3 rings (SSSR count). The van der Waals surface area contributed by atoms with Crippen LogP contribution in [0.5, 0.6) is 0 Å². The molecule has 1 amide bonds. The van der Waals surface area contributed by atoms with E-state index in [0.29, 0.717) is 12.6 Å². The number of guanidine groups is 1. The van der Waals surface area contributed by atoms with E-state index in [9.17, 15) is 4.79 Å². The Hall–Kier alpha value is -2.86. The molecule has 0 bridgehead atoms. The Balaban J connectivity index is 1.38. The zero-order valence-corrected chi connectivity index (χ0v) is 20.4. The molecule has 1 aliphatic rings. The number of nitrogens with zero attached hydrogens (tertiary/aromatic N) is 3. The molecule has 0 spiro atoms. The first kappa shape index (κ1) is 24.8. The van der Waals surface area contributed by atoms with Crippen LogP contribution in [0.4, 0.5) is 0 Å². The van der Waals surface area contributed by atoms with Crippen LogP contribution in [0.2, 0.25) is 0 Å². The third kappa shape index (κ3) is 7.90. The van der Waals surface area contributed by atoms with E-state index in [-0.39, 0.29) is 5.91 Å². The molecule has 0 saturated carbocycles. The molecule has 1 heterocycles. The second kappa shape index (κ2) is 13.0. The van der Waals surface area contributed by atoms with Gasteiger partial charge in [-0.05, 0) is 62.9 Å². The minimum Gasteiger partial charge on any atom is -0.356 e. The third-order valence-electron chi connectivity index (χ3n) is 6.41. The number of amides is 1. The Morgan fingerprint density at radius 3 is 2.36 bits per heavy atom. The molecule has 0 aromatic heterocycles. The fourth-order valence-corrected chi connectivity index (χ4v) is 4.10. The first-order chi connectivity index (χ1) is 16.1. The number of benzene rings is 2. The van der Waals surface area contributed by atoms with Crippen LogP contribution in [0, 0.1) is 0 Å². The van der Waals surface area contributed by atoms with Crippen molar-refractivity contribution in [2.24, 2.45) is 4.99 Å². The Morgan fingerprint density at radius 1 is 1.00 bits per heavy atom. The molecule has 33 heavy (non-hydrogen) atoms. The second-order valence-electron chi connectivity index (χ2n) is 8.94. The van der Waals surface area contributed by atoms with Crippen molar-refractivity contribution in [1.82, 2.24) is 20.4 Å². The SMILES string of the molecule is CN=C(NCCC(C)N(C)Cc1ccccc1)NCc1ccc(C(=O)N2CCCCC2)cc1. The first-order valence-corrected chi connectivity index (χ1v) is 12.1. The Morgan fingerprint density at radius 2 is 1.70 bits per heavy atom. The van der Waals surface area contributed by atoms with Gasteiger partial charge in [0.15, 0.2) is 5.96 Å². The first-order valence-electron chi connectivity index (χ1n) is 12.1. The lowest BCUT2D eigenvalue weighted by atomic mass is 10.1. The summed E-state index contributed by atoms with van der Waals surface area (Å²) >= 11 is 0. The summed E-state index contributed by atoms with van der Waals surface area (Å²) in [6, 6.07) is 19.0. The lowest BCUT2D eigenvalue weighted by molar-refractivity contribution is 0.0724. The standard InChI is InChI=1S/C27H39N5O/c1-22(31(3)21-24-10-6-4-7-11-24)16-17-29-27(28-2)30-20-23-12-14-25(15-13-23)26(33)32-18-8-5-9-19-32/h4,6-7,10-15,22H,5,8-9,16-21H2,1-3H3,(H2,28,29,30). The highest BCUT2D eigenvalue weighted by atomic mass is 16.2. The van der Waals surface area contributed by atoms with Gasteiger partial charge in [-0.1, -0.05) is 42.5 Å². The number of likely N-dealkylation sites (tertiary alicyclic amines) is 1. The summed E-state index contributed by atoms with van der Waals surface area (Å²) in [5, 5.41) is 6.78. The van der Waals surface area contributed by atoms with E-state index in [1.54, 1.807) is 7.05 Å². The van der Waals surface area contributed by atoms with Gasteiger partial charge >= 0.3 is 0 Å². The highest BCUT2D eigenvalue weighted by Crippen LogP contribution is 2.14. The number of aliphatic imine (C=N–C) groups is 1. The number of rotatable bonds is 9. The van der Waals surface area contributed by atoms with Gasteiger partial charge in [0, 0.05) is 51.4 Å². The summed E-state index contributed by atoms with van der Waals surface area (Å²) < 4.78 is 0. The quantitative estimate of drug-likeness (QED) is 0.450. The van der Waals surface area contributed by atoms with Crippen LogP contribution in [0.3, 0.4) is 0 Å². The average Bonchev–Trinajstić information content (AvgIpc) is 2.87. The van der Waals surface area contributed by atoms with Crippen LogP contribution in [-0.4, -0.2) is 61.4 Å². The molecule has 6 heteroatoms. The van der Waals surface area contributed by atoms with Crippen molar-refractivity contribution in [3.05, 3.63) is 71.3 Å². The van der Waals surface area contributed by atoms with Crippen LogP contribution in [-0.2, 0) is 13.1 Å². The van der Waals surface area contributed by atoms with Crippen molar-refractivity contribution < 1.29 is 4.79 Å². The molecule has 0 radical (unpaired) electrons. The van der Waals surface area contributed by atoms with Gasteiger partial charge < -0.3 is 15.5 Å². The second-order valence-corrected chi connectivity index (χ2v) is 8.94. The molecule has 1 unspecified atom stereocenters. The Labute approximate surface area is 199 Å². The zero-order valence-electron chi connectivity index (χ0n) is 20.4. The largest absolute Gasteiger partial charge is 0.356 e. The summed E-state index contributed by atoms with van der Waals surface area (Å²) in [5.41, 5.74) is 3.24. The van der Waals surface area contributed by atoms with Crippen LogP contribution in [0.1, 0.15) is 54.1 Å². The predicted octanol–water partition coefficient (Wildman–Crippen LogP) is 3.89. The maximum Gasteiger partial charge on any atom is 0.253 e. The van der Waals surface area contributed by atoms with Crippen LogP contribution in [0.15, 0.2) is 59.6 Å². The van der Waals surface area contributed by atoms with Crippen molar-refractivity contribution >= 4 is 11.9 Å². The molecule has 178 valence electrons. The smallest absolute Gasteiger partial charge is 0.253 e.